The maximum Gasteiger partial charge on any atom is 0.338 e. The summed E-state index contributed by atoms with van der Waals surface area (Å²) in [6.45, 7) is 1.55. The molecule has 1 aliphatic rings. The molecule has 1 amide bonds. The highest BCUT2D eigenvalue weighted by Crippen LogP contribution is 2.14. The monoisotopic (exact) mass is 263 g/mol. The van der Waals surface area contributed by atoms with Crippen molar-refractivity contribution in [3.05, 3.63) is 29.6 Å². The van der Waals surface area contributed by atoms with Gasteiger partial charge >= 0.3 is 5.97 Å². The van der Waals surface area contributed by atoms with E-state index < -0.39 is 11.9 Å². The summed E-state index contributed by atoms with van der Waals surface area (Å²) in [5, 5.41) is 11.8. The summed E-state index contributed by atoms with van der Waals surface area (Å²) < 4.78 is 0. The van der Waals surface area contributed by atoms with E-state index in [1.54, 1.807) is 0 Å². The van der Waals surface area contributed by atoms with E-state index in [1.165, 1.54) is 18.3 Å². The average Bonchev–Trinajstić information content (AvgIpc) is 2.81. The predicted octanol–water partition coefficient (Wildman–Crippen LogP) is 0.604. The van der Waals surface area contributed by atoms with E-state index in [-0.39, 0.29) is 11.3 Å². The predicted molar refractivity (Wildman–Crippen MR) is 69.2 cm³/mol. The van der Waals surface area contributed by atoms with Crippen molar-refractivity contribution in [2.75, 3.05) is 20.1 Å². The van der Waals surface area contributed by atoms with Crippen molar-refractivity contribution in [3.63, 3.8) is 0 Å². The topological polar surface area (TPSA) is 82.5 Å². The first kappa shape index (κ1) is 13.5. The Morgan fingerprint density at radius 1 is 1.58 bits per heavy atom. The summed E-state index contributed by atoms with van der Waals surface area (Å²) in [7, 11) is 2.02. The second-order valence-electron chi connectivity index (χ2n) is 4.69. The molecule has 1 aromatic rings. The summed E-state index contributed by atoms with van der Waals surface area (Å²) in [6.07, 6.45) is 3.59. The van der Waals surface area contributed by atoms with E-state index >= 15 is 0 Å². The molecule has 102 valence electrons. The van der Waals surface area contributed by atoms with Crippen LogP contribution in [0.15, 0.2) is 18.3 Å². The number of pyridine rings is 1. The molecule has 1 aliphatic heterocycles. The van der Waals surface area contributed by atoms with Crippen LogP contribution >= 0.6 is 0 Å². The quantitative estimate of drug-likeness (QED) is 0.831. The number of nitrogens with zero attached hydrogens (tertiary/aromatic N) is 2. The number of amides is 1. The number of carboxylic acid groups (broad SMARTS) is 1. The van der Waals surface area contributed by atoms with E-state index in [2.05, 4.69) is 15.2 Å². The Bertz CT molecular complexity index is 490. The molecular formula is C13H17N3O3. The Morgan fingerprint density at radius 3 is 3.00 bits per heavy atom. The van der Waals surface area contributed by atoms with Gasteiger partial charge in [-0.3, -0.25) is 9.78 Å². The van der Waals surface area contributed by atoms with Gasteiger partial charge in [0.15, 0.2) is 0 Å². The van der Waals surface area contributed by atoms with Crippen molar-refractivity contribution >= 4 is 11.9 Å². The van der Waals surface area contributed by atoms with Gasteiger partial charge in [-0.25, -0.2) is 4.79 Å². The van der Waals surface area contributed by atoms with Crippen molar-refractivity contribution in [2.45, 2.75) is 18.9 Å². The molecule has 0 radical (unpaired) electrons. The third-order valence-corrected chi connectivity index (χ3v) is 3.42. The highest BCUT2D eigenvalue weighted by Gasteiger charge is 2.23. The van der Waals surface area contributed by atoms with Crippen LogP contribution in [0.25, 0.3) is 0 Å². The van der Waals surface area contributed by atoms with Crippen molar-refractivity contribution in [1.82, 2.24) is 15.2 Å². The van der Waals surface area contributed by atoms with Gasteiger partial charge in [0.1, 0.15) is 5.69 Å². The van der Waals surface area contributed by atoms with Crippen LogP contribution in [0.2, 0.25) is 0 Å². The molecule has 1 saturated heterocycles. The number of likely N-dealkylation sites (N-methyl/N-ethyl adjacent to an activating group) is 1. The van der Waals surface area contributed by atoms with Crippen LogP contribution in [-0.2, 0) is 0 Å². The fourth-order valence-electron chi connectivity index (χ4n) is 2.29. The molecule has 0 saturated carbocycles. The van der Waals surface area contributed by atoms with Crippen LogP contribution in [0, 0.1) is 0 Å². The third kappa shape index (κ3) is 3.08. The van der Waals surface area contributed by atoms with Crippen molar-refractivity contribution < 1.29 is 14.7 Å². The summed E-state index contributed by atoms with van der Waals surface area (Å²) in [6, 6.07) is 3.21. The Hall–Kier alpha value is -1.95. The first-order chi connectivity index (χ1) is 9.09. The fraction of sp³-hybridized carbons (Fsp3) is 0.462. The molecule has 0 spiro atoms. The van der Waals surface area contributed by atoms with Crippen LogP contribution in [0.3, 0.4) is 0 Å². The molecule has 19 heavy (non-hydrogen) atoms. The number of hydrogen-bond acceptors (Lipinski definition) is 4. The molecule has 2 rings (SSSR count). The van der Waals surface area contributed by atoms with Gasteiger partial charge in [0.2, 0.25) is 0 Å². The van der Waals surface area contributed by atoms with Crippen molar-refractivity contribution in [3.8, 4) is 0 Å². The maximum atomic E-state index is 12.0. The van der Waals surface area contributed by atoms with Gasteiger partial charge in [0.25, 0.3) is 5.91 Å². The lowest BCUT2D eigenvalue weighted by Crippen LogP contribution is -2.38. The molecule has 1 unspecified atom stereocenters. The maximum absolute atomic E-state index is 12.0. The lowest BCUT2D eigenvalue weighted by Gasteiger charge is -2.19. The normalized spacial score (nSPS) is 19.3. The number of carbonyl (C=O) groups excluding carboxylic acids is 1. The number of carbonyl (C=O) groups is 2. The number of hydrogen-bond donors (Lipinski definition) is 2. The second kappa shape index (κ2) is 5.79. The fourth-order valence-corrected chi connectivity index (χ4v) is 2.29. The van der Waals surface area contributed by atoms with Crippen LogP contribution in [0.1, 0.15) is 33.7 Å². The summed E-state index contributed by atoms with van der Waals surface area (Å²) in [4.78, 5) is 29.0. The van der Waals surface area contributed by atoms with Crippen LogP contribution in [0.4, 0.5) is 0 Å². The molecular weight excluding hydrogens is 246 g/mol. The Morgan fingerprint density at radius 2 is 2.37 bits per heavy atom. The zero-order chi connectivity index (χ0) is 13.8. The highest BCUT2D eigenvalue weighted by atomic mass is 16.4. The summed E-state index contributed by atoms with van der Waals surface area (Å²) >= 11 is 0. The van der Waals surface area contributed by atoms with E-state index in [9.17, 15) is 9.59 Å². The third-order valence-electron chi connectivity index (χ3n) is 3.42. The minimum absolute atomic E-state index is 0.0318. The van der Waals surface area contributed by atoms with Gasteiger partial charge in [0.05, 0.1) is 5.56 Å². The Labute approximate surface area is 111 Å². The number of aromatic nitrogens is 1. The largest absolute Gasteiger partial charge is 0.478 e. The van der Waals surface area contributed by atoms with E-state index in [1.807, 2.05) is 7.05 Å². The summed E-state index contributed by atoms with van der Waals surface area (Å²) in [5.74, 6) is -1.57. The minimum atomic E-state index is -1.14. The van der Waals surface area contributed by atoms with Gasteiger partial charge < -0.3 is 15.3 Å². The van der Waals surface area contributed by atoms with Gasteiger partial charge in [-0.05, 0) is 38.6 Å². The lowest BCUT2D eigenvalue weighted by atomic mass is 10.1. The van der Waals surface area contributed by atoms with Gasteiger partial charge in [-0.1, -0.05) is 0 Å². The summed E-state index contributed by atoms with van der Waals surface area (Å²) in [5.41, 5.74) is -0.101. The molecule has 1 atom stereocenters. The SMILES string of the molecule is CN1CCCC1CNC(=O)c1ncccc1C(=O)O. The smallest absolute Gasteiger partial charge is 0.338 e. The van der Waals surface area contributed by atoms with Crippen LogP contribution in [-0.4, -0.2) is 53.0 Å². The number of likely N-dealkylation sites (tertiary alicyclic amines) is 1. The Kier molecular flexibility index (Phi) is 4.11. The van der Waals surface area contributed by atoms with E-state index in [0.717, 1.165) is 19.4 Å². The molecule has 6 heteroatoms. The molecule has 2 N–H and O–H groups in total. The van der Waals surface area contributed by atoms with Crippen LogP contribution < -0.4 is 5.32 Å². The minimum Gasteiger partial charge on any atom is -0.478 e. The molecule has 1 aromatic heterocycles. The average molecular weight is 263 g/mol. The Balaban J connectivity index is 2.02. The zero-order valence-electron chi connectivity index (χ0n) is 10.8. The van der Waals surface area contributed by atoms with E-state index in [4.69, 9.17) is 5.11 Å². The number of aromatic carboxylic acids is 1. The molecule has 2 heterocycles. The zero-order valence-corrected chi connectivity index (χ0v) is 10.8. The number of nitrogens with one attached hydrogen (secondary N) is 1. The van der Waals surface area contributed by atoms with Crippen molar-refractivity contribution in [1.29, 1.82) is 0 Å². The molecule has 1 fully saturated rings. The molecule has 0 aromatic carbocycles. The standard InChI is InChI=1S/C13H17N3O3/c1-16-7-3-4-9(16)8-15-12(17)11-10(13(18)19)5-2-6-14-11/h2,5-6,9H,3-4,7-8H2,1H3,(H,15,17)(H,18,19). The molecule has 0 bridgehead atoms. The molecule has 6 nitrogen and oxygen atoms in total. The van der Waals surface area contributed by atoms with Gasteiger partial charge in [-0.15, -0.1) is 0 Å². The van der Waals surface area contributed by atoms with Crippen molar-refractivity contribution in [2.24, 2.45) is 0 Å². The first-order valence-electron chi connectivity index (χ1n) is 6.26. The van der Waals surface area contributed by atoms with Gasteiger partial charge in [-0.2, -0.15) is 0 Å². The van der Waals surface area contributed by atoms with Gasteiger partial charge in [0, 0.05) is 18.8 Å². The number of carboxylic acids is 1. The lowest BCUT2D eigenvalue weighted by molar-refractivity contribution is 0.0689. The second-order valence-corrected chi connectivity index (χ2v) is 4.69. The molecule has 0 aliphatic carbocycles. The van der Waals surface area contributed by atoms with Crippen LogP contribution in [0.5, 0.6) is 0 Å². The first-order valence-corrected chi connectivity index (χ1v) is 6.26. The van der Waals surface area contributed by atoms with E-state index in [0.29, 0.717) is 12.6 Å². The number of rotatable bonds is 4. The highest BCUT2D eigenvalue weighted by molar-refractivity contribution is 6.03.